The highest BCUT2D eigenvalue weighted by Crippen LogP contribution is 2.30. The van der Waals surface area contributed by atoms with E-state index in [-0.39, 0.29) is 24.1 Å². The van der Waals surface area contributed by atoms with Crippen molar-refractivity contribution in [2.75, 3.05) is 10.6 Å². The Morgan fingerprint density at radius 3 is 2.47 bits per heavy atom. The van der Waals surface area contributed by atoms with E-state index in [1.807, 2.05) is 42.6 Å². The predicted molar refractivity (Wildman–Crippen MR) is 153 cm³/mol. The van der Waals surface area contributed by atoms with E-state index >= 15 is 0 Å². The van der Waals surface area contributed by atoms with Crippen LogP contribution in [0.15, 0.2) is 48.1 Å². The Morgan fingerprint density at radius 2 is 1.74 bits per heavy atom. The lowest BCUT2D eigenvalue weighted by Gasteiger charge is -2.34. The summed E-state index contributed by atoms with van der Waals surface area (Å²) in [7, 11) is 0. The molecule has 3 N–H and O–H groups in total. The van der Waals surface area contributed by atoms with Crippen molar-refractivity contribution in [3.63, 3.8) is 0 Å². The van der Waals surface area contributed by atoms with E-state index < -0.39 is 0 Å². The standard InChI is InChI=1S/C29H36N6O2S/c1-20-14-15-23(17-25(20)33-27-34-26(19-38-27)21-9-8-16-30-18-21)32-29(37)35(24-12-6-3-7-13-24)28(36)31-22-10-4-2-5-11-22/h8-9,14-19,22,24H,2-7,10-13H2,1H3,(H,31,36)(H,32,37)(H,33,34). The molecule has 2 heterocycles. The van der Waals surface area contributed by atoms with E-state index in [1.54, 1.807) is 12.4 Å². The van der Waals surface area contributed by atoms with E-state index in [2.05, 4.69) is 20.9 Å². The van der Waals surface area contributed by atoms with E-state index in [0.29, 0.717) is 5.69 Å². The third-order valence-electron chi connectivity index (χ3n) is 7.50. The molecule has 2 aliphatic rings. The number of amides is 4. The molecular formula is C29H36N6O2S. The smallest absolute Gasteiger partial charge is 0.330 e. The Kier molecular flexibility index (Phi) is 8.53. The minimum atomic E-state index is -0.367. The highest BCUT2D eigenvalue weighted by Gasteiger charge is 2.32. The number of pyridine rings is 1. The Hall–Kier alpha value is -3.46. The normalized spacial score (nSPS) is 16.6. The molecular weight excluding hydrogens is 496 g/mol. The molecule has 2 saturated carbocycles. The molecule has 3 aromatic rings. The van der Waals surface area contributed by atoms with E-state index in [0.717, 1.165) is 85.4 Å². The lowest BCUT2D eigenvalue weighted by molar-refractivity contribution is 0.159. The number of rotatable bonds is 6. The van der Waals surface area contributed by atoms with Gasteiger partial charge < -0.3 is 16.0 Å². The number of urea groups is 2. The molecule has 2 fully saturated rings. The number of anilines is 3. The van der Waals surface area contributed by atoms with E-state index in [9.17, 15) is 9.59 Å². The maximum atomic E-state index is 13.5. The van der Waals surface area contributed by atoms with Gasteiger partial charge in [0.25, 0.3) is 0 Å². The van der Waals surface area contributed by atoms with Crippen molar-refractivity contribution < 1.29 is 9.59 Å². The second-order valence-corrected chi connectivity index (χ2v) is 11.2. The van der Waals surface area contributed by atoms with Gasteiger partial charge in [-0.25, -0.2) is 19.5 Å². The van der Waals surface area contributed by atoms with Crippen molar-refractivity contribution >= 4 is 39.9 Å². The molecule has 0 saturated heterocycles. The second kappa shape index (κ2) is 12.4. The number of benzene rings is 1. The monoisotopic (exact) mass is 532 g/mol. The fraction of sp³-hybridized carbons (Fsp3) is 0.448. The van der Waals surface area contributed by atoms with Gasteiger partial charge in [0.15, 0.2) is 5.13 Å². The number of carbonyl (C=O) groups excluding carboxylic acids is 2. The van der Waals surface area contributed by atoms with Crippen molar-refractivity contribution in [3.05, 3.63) is 53.7 Å². The number of nitrogens with zero attached hydrogens (tertiary/aromatic N) is 3. The molecule has 200 valence electrons. The quantitative estimate of drug-likeness (QED) is 0.306. The second-order valence-electron chi connectivity index (χ2n) is 10.3. The number of aromatic nitrogens is 2. The Balaban J connectivity index is 1.29. The first-order valence-corrected chi connectivity index (χ1v) is 14.6. The SMILES string of the molecule is Cc1ccc(NC(=O)N(C(=O)NC2CCCCC2)C2CCCCC2)cc1Nc1nc(-c2cccnc2)cs1. The highest BCUT2D eigenvalue weighted by atomic mass is 32.1. The zero-order valence-corrected chi connectivity index (χ0v) is 22.7. The molecule has 5 rings (SSSR count). The van der Waals surface area contributed by atoms with Crippen LogP contribution >= 0.6 is 11.3 Å². The maximum absolute atomic E-state index is 13.5. The van der Waals surface area contributed by atoms with Crippen molar-refractivity contribution in [2.45, 2.75) is 83.2 Å². The zero-order chi connectivity index (χ0) is 26.3. The molecule has 2 aromatic heterocycles. The summed E-state index contributed by atoms with van der Waals surface area (Å²) in [6.07, 6.45) is 13.9. The average molecular weight is 533 g/mol. The minimum Gasteiger partial charge on any atom is -0.335 e. The molecule has 0 bridgehead atoms. The van der Waals surface area contributed by atoms with Crippen LogP contribution < -0.4 is 16.0 Å². The van der Waals surface area contributed by atoms with Crippen LogP contribution in [-0.2, 0) is 0 Å². The van der Waals surface area contributed by atoms with Gasteiger partial charge in [0.05, 0.1) is 5.69 Å². The van der Waals surface area contributed by atoms with Crippen molar-refractivity contribution in [3.8, 4) is 11.3 Å². The van der Waals surface area contributed by atoms with Crippen molar-refractivity contribution in [2.24, 2.45) is 0 Å². The van der Waals surface area contributed by atoms with E-state index in [1.165, 1.54) is 22.7 Å². The van der Waals surface area contributed by atoms with Crippen molar-refractivity contribution in [1.29, 1.82) is 0 Å². The van der Waals surface area contributed by atoms with Crippen LogP contribution in [0.4, 0.5) is 26.1 Å². The van der Waals surface area contributed by atoms with Gasteiger partial charge in [-0.1, -0.05) is 44.6 Å². The molecule has 9 heteroatoms. The summed E-state index contributed by atoms with van der Waals surface area (Å²) in [5.41, 5.74) is 4.34. The molecule has 0 radical (unpaired) electrons. The molecule has 0 unspecified atom stereocenters. The Bertz CT molecular complexity index is 1230. The maximum Gasteiger partial charge on any atom is 0.330 e. The summed E-state index contributed by atoms with van der Waals surface area (Å²) in [5.74, 6) is 0. The minimum absolute atomic E-state index is 0.0726. The van der Waals surface area contributed by atoms with Gasteiger partial charge in [0, 0.05) is 46.8 Å². The van der Waals surface area contributed by atoms with E-state index in [4.69, 9.17) is 4.98 Å². The summed E-state index contributed by atoms with van der Waals surface area (Å²) in [5, 5.41) is 12.3. The fourth-order valence-electron chi connectivity index (χ4n) is 5.37. The highest BCUT2D eigenvalue weighted by molar-refractivity contribution is 7.14. The molecule has 4 amide bonds. The third kappa shape index (κ3) is 6.51. The summed E-state index contributed by atoms with van der Waals surface area (Å²) in [4.78, 5) is 37.2. The number of nitrogens with one attached hydrogen (secondary N) is 3. The van der Waals surface area contributed by atoms with Crippen LogP contribution in [0.5, 0.6) is 0 Å². The first-order valence-electron chi connectivity index (χ1n) is 13.7. The average Bonchev–Trinajstić information content (AvgIpc) is 3.41. The number of imide groups is 1. The third-order valence-corrected chi connectivity index (χ3v) is 8.26. The molecule has 38 heavy (non-hydrogen) atoms. The number of carbonyl (C=O) groups is 2. The molecule has 0 aliphatic heterocycles. The summed E-state index contributed by atoms with van der Waals surface area (Å²) in [6, 6.07) is 9.05. The first-order chi connectivity index (χ1) is 18.6. The van der Waals surface area contributed by atoms with Gasteiger partial charge in [-0.3, -0.25) is 4.98 Å². The summed E-state index contributed by atoms with van der Waals surface area (Å²) < 4.78 is 0. The summed E-state index contributed by atoms with van der Waals surface area (Å²) in [6.45, 7) is 2.01. The number of aryl methyl sites for hydroxylation is 1. The zero-order valence-electron chi connectivity index (χ0n) is 21.9. The van der Waals surface area contributed by atoms with Crippen LogP contribution in [0.3, 0.4) is 0 Å². The first kappa shape index (κ1) is 26.2. The molecule has 0 atom stereocenters. The molecule has 1 aromatic carbocycles. The topological polar surface area (TPSA) is 99.2 Å². The number of hydrogen-bond donors (Lipinski definition) is 3. The van der Waals surface area contributed by atoms with Gasteiger partial charge in [-0.05, 0) is 62.4 Å². The summed E-state index contributed by atoms with van der Waals surface area (Å²) >= 11 is 1.51. The van der Waals surface area contributed by atoms with Crippen LogP contribution in [0.1, 0.15) is 69.8 Å². The lowest BCUT2D eigenvalue weighted by Crippen LogP contribution is -2.54. The fourth-order valence-corrected chi connectivity index (χ4v) is 6.10. The Morgan fingerprint density at radius 1 is 0.974 bits per heavy atom. The van der Waals surface area contributed by atoms with Crippen LogP contribution in [-0.4, -0.2) is 39.0 Å². The van der Waals surface area contributed by atoms with Crippen LogP contribution in [0, 0.1) is 6.92 Å². The Labute approximate surface area is 228 Å². The van der Waals surface area contributed by atoms with Gasteiger partial charge in [-0.2, -0.15) is 0 Å². The van der Waals surface area contributed by atoms with Crippen LogP contribution in [0.25, 0.3) is 11.3 Å². The van der Waals surface area contributed by atoms with Gasteiger partial charge in [0.2, 0.25) is 0 Å². The largest absolute Gasteiger partial charge is 0.335 e. The molecule has 8 nitrogen and oxygen atoms in total. The number of thiazole rings is 1. The predicted octanol–water partition coefficient (Wildman–Crippen LogP) is 7.47. The van der Waals surface area contributed by atoms with Gasteiger partial charge in [0.1, 0.15) is 0 Å². The molecule has 2 aliphatic carbocycles. The number of hydrogen-bond acceptors (Lipinski definition) is 6. The van der Waals surface area contributed by atoms with Gasteiger partial charge in [-0.15, -0.1) is 11.3 Å². The van der Waals surface area contributed by atoms with Crippen LogP contribution in [0.2, 0.25) is 0 Å². The lowest BCUT2D eigenvalue weighted by atomic mass is 9.94. The van der Waals surface area contributed by atoms with Crippen molar-refractivity contribution in [1.82, 2.24) is 20.2 Å². The molecule has 0 spiro atoms. The van der Waals surface area contributed by atoms with Gasteiger partial charge >= 0.3 is 12.1 Å².